The molecule has 88 valence electrons. The number of hydrogen-bond acceptors (Lipinski definition) is 2. The van der Waals surface area contributed by atoms with Crippen LogP contribution in [-0.2, 0) is 16.4 Å². The van der Waals surface area contributed by atoms with Gasteiger partial charge in [-0.3, -0.25) is 4.31 Å². The van der Waals surface area contributed by atoms with Crippen LogP contribution in [-0.4, -0.2) is 20.7 Å². The number of anilines is 1. The summed E-state index contributed by atoms with van der Waals surface area (Å²) in [6.07, 6.45) is 1.50. The predicted octanol–water partition coefficient (Wildman–Crippen LogP) is 2.10. The van der Waals surface area contributed by atoms with Gasteiger partial charge < -0.3 is 0 Å². The van der Waals surface area contributed by atoms with E-state index < -0.39 is 10.0 Å². The molecule has 0 N–H and O–H groups in total. The number of aryl methyl sites for hydroxylation is 1. The summed E-state index contributed by atoms with van der Waals surface area (Å²) in [5.74, 6) is 0.237. The fourth-order valence-electron chi connectivity index (χ4n) is 2.26. The van der Waals surface area contributed by atoms with Crippen LogP contribution in [0.5, 0.6) is 0 Å². The van der Waals surface area contributed by atoms with Crippen LogP contribution in [0.1, 0.15) is 24.5 Å². The van der Waals surface area contributed by atoms with Gasteiger partial charge in [0.25, 0.3) is 0 Å². The Labute approximate surface area is 97.1 Å². The summed E-state index contributed by atoms with van der Waals surface area (Å²) < 4.78 is 25.7. The second-order valence-corrected chi connectivity index (χ2v) is 6.23. The third kappa shape index (κ3) is 1.82. The number of benzene rings is 1. The highest BCUT2D eigenvalue weighted by molar-refractivity contribution is 7.92. The first-order valence-electron chi connectivity index (χ1n) is 5.65. The van der Waals surface area contributed by atoms with Gasteiger partial charge in [-0.05, 0) is 30.9 Å². The maximum Gasteiger partial charge on any atom is 0.235 e. The molecule has 2 rings (SSSR count). The van der Waals surface area contributed by atoms with E-state index in [4.69, 9.17) is 0 Å². The maximum atomic E-state index is 12.1. The van der Waals surface area contributed by atoms with Crippen LogP contribution in [0, 0.1) is 6.92 Å². The van der Waals surface area contributed by atoms with Crippen LogP contribution in [0.25, 0.3) is 0 Å². The lowest BCUT2D eigenvalue weighted by molar-refractivity contribution is 0.591. The average Bonchev–Trinajstić information content (AvgIpc) is 2.63. The summed E-state index contributed by atoms with van der Waals surface area (Å²) in [5.41, 5.74) is 3.12. The third-order valence-electron chi connectivity index (χ3n) is 2.95. The summed E-state index contributed by atoms with van der Waals surface area (Å²) in [4.78, 5) is 0. The Kier molecular flexibility index (Phi) is 2.93. The van der Waals surface area contributed by atoms with Gasteiger partial charge in [0, 0.05) is 6.54 Å². The molecular formula is C12H17NO2S. The second kappa shape index (κ2) is 4.09. The Morgan fingerprint density at radius 3 is 2.81 bits per heavy atom. The molecule has 0 saturated heterocycles. The molecule has 0 spiro atoms. The van der Waals surface area contributed by atoms with Crippen molar-refractivity contribution in [2.75, 3.05) is 16.6 Å². The zero-order valence-corrected chi connectivity index (χ0v) is 10.5. The molecule has 1 heterocycles. The van der Waals surface area contributed by atoms with Crippen LogP contribution < -0.4 is 4.31 Å². The zero-order valence-electron chi connectivity index (χ0n) is 9.73. The van der Waals surface area contributed by atoms with Crippen molar-refractivity contribution in [1.82, 2.24) is 0 Å². The number of rotatable bonds is 3. The maximum absolute atomic E-state index is 12.1. The van der Waals surface area contributed by atoms with E-state index in [1.54, 1.807) is 4.31 Å². The lowest BCUT2D eigenvalue weighted by Crippen LogP contribution is -2.31. The standard InChI is InChI=1S/C12H17NO2S/c1-3-9-16(14,15)13-8-7-11-6-4-5-10(2)12(11)13/h4-6H,3,7-9H2,1-2H3. The second-order valence-electron chi connectivity index (χ2n) is 4.22. The quantitative estimate of drug-likeness (QED) is 0.810. The van der Waals surface area contributed by atoms with E-state index in [1.807, 2.05) is 32.0 Å². The number of para-hydroxylation sites is 1. The highest BCUT2D eigenvalue weighted by Gasteiger charge is 2.29. The molecule has 1 aromatic rings. The number of sulfonamides is 1. The molecule has 0 radical (unpaired) electrons. The van der Waals surface area contributed by atoms with Crippen LogP contribution >= 0.6 is 0 Å². The first-order chi connectivity index (χ1) is 7.56. The normalized spacial score (nSPS) is 15.2. The van der Waals surface area contributed by atoms with Crippen LogP contribution in [0.3, 0.4) is 0 Å². The molecule has 0 aromatic heterocycles. The molecule has 0 bridgehead atoms. The molecule has 0 saturated carbocycles. The van der Waals surface area contributed by atoms with Crippen LogP contribution in [0.2, 0.25) is 0 Å². The Morgan fingerprint density at radius 1 is 1.38 bits per heavy atom. The Morgan fingerprint density at radius 2 is 2.12 bits per heavy atom. The molecule has 0 fully saturated rings. The Bertz CT molecular complexity index is 494. The van der Waals surface area contributed by atoms with E-state index in [2.05, 4.69) is 0 Å². The van der Waals surface area contributed by atoms with Gasteiger partial charge in [0.2, 0.25) is 10.0 Å². The number of hydrogen-bond donors (Lipinski definition) is 0. The molecule has 3 nitrogen and oxygen atoms in total. The summed E-state index contributed by atoms with van der Waals surface area (Å²) in [7, 11) is -3.11. The highest BCUT2D eigenvalue weighted by Crippen LogP contribution is 2.33. The molecule has 0 atom stereocenters. The molecule has 0 amide bonds. The van der Waals surface area contributed by atoms with E-state index in [0.717, 1.165) is 23.2 Å². The molecule has 1 aliphatic rings. The largest absolute Gasteiger partial charge is 0.269 e. The minimum Gasteiger partial charge on any atom is -0.269 e. The third-order valence-corrected chi connectivity index (χ3v) is 4.91. The SMILES string of the molecule is CCCS(=O)(=O)N1CCc2cccc(C)c21. The Balaban J connectivity index is 2.44. The molecule has 1 aliphatic heterocycles. The topological polar surface area (TPSA) is 37.4 Å². The van der Waals surface area contributed by atoms with Gasteiger partial charge in [-0.1, -0.05) is 25.1 Å². The highest BCUT2D eigenvalue weighted by atomic mass is 32.2. The minimum atomic E-state index is -3.11. The average molecular weight is 239 g/mol. The number of nitrogens with zero attached hydrogens (tertiary/aromatic N) is 1. The van der Waals surface area contributed by atoms with Crippen molar-refractivity contribution >= 4 is 15.7 Å². The van der Waals surface area contributed by atoms with Gasteiger partial charge in [0.1, 0.15) is 0 Å². The van der Waals surface area contributed by atoms with Crippen molar-refractivity contribution in [3.63, 3.8) is 0 Å². The van der Waals surface area contributed by atoms with Crippen LogP contribution in [0.4, 0.5) is 5.69 Å². The van der Waals surface area contributed by atoms with Crippen molar-refractivity contribution in [3.8, 4) is 0 Å². The van der Waals surface area contributed by atoms with Crippen molar-refractivity contribution < 1.29 is 8.42 Å². The van der Waals surface area contributed by atoms with E-state index in [-0.39, 0.29) is 5.75 Å². The van der Waals surface area contributed by atoms with Gasteiger partial charge in [-0.15, -0.1) is 0 Å². The minimum absolute atomic E-state index is 0.237. The van der Waals surface area contributed by atoms with Gasteiger partial charge in [-0.25, -0.2) is 8.42 Å². The molecule has 16 heavy (non-hydrogen) atoms. The summed E-state index contributed by atoms with van der Waals surface area (Å²) in [5, 5.41) is 0. The molecule has 4 heteroatoms. The van der Waals surface area contributed by atoms with Crippen LogP contribution in [0.15, 0.2) is 18.2 Å². The summed E-state index contributed by atoms with van der Waals surface area (Å²) >= 11 is 0. The van der Waals surface area contributed by atoms with Crippen molar-refractivity contribution in [2.45, 2.75) is 26.7 Å². The zero-order chi connectivity index (χ0) is 11.8. The van der Waals surface area contributed by atoms with Gasteiger partial charge >= 0.3 is 0 Å². The van der Waals surface area contributed by atoms with Gasteiger partial charge in [-0.2, -0.15) is 0 Å². The lowest BCUT2D eigenvalue weighted by atomic mass is 10.1. The smallest absolute Gasteiger partial charge is 0.235 e. The molecular weight excluding hydrogens is 222 g/mol. The molecule has 0 aliphatic carbocycles. The van der Waals surface area contributed by atoms with Crippen molar-refractivity contribution in [1.29, 1.82) is 0 Å². The predicted molar refractivity (Wildman–Crippen MR) is 66.3 cm³/mol. The van der Waals surface area contributed by atoms with Gasteiger partial charge in [0.15, 0.2) is 0 Å². The first kappa shape index (κ1) is 11.5. The molecule has 0 unspecified atom stereocenters. The number of fused-ring (bicyclic) bond motifs is 1. The lowest BCUT2D eigenvalue weighted by Gasteiger charge is -2.20. The fourth-order valence-corrected chi connectivity index (χ4v) is 3.90. The monoisotopic (exact) mass is 239 g/mol. The van der Waals surface area contributed by atoms with Gasteiger partial charge in [0.05, 0.1) is 11.4 Å². The van der Waals surface area contributed by atoms with E-state index in [0.29, 0.717) is 13.0 Å². The van der Waals surface area contributed by atoms with Crippen molar-refractivity contribution in [2.24, 2.45) is 0 Å². The van der Waals surface area contributed by atoms with E-state index >= 15 is 0 Å². The fraction of sp³-hybridized carbons (Fsp3) is 0.500. The first-order valence-corrected chi connectivity index (χ1v) is 7.26. The summed E-state index contributed by atoms with van der Waals surface area (Å²) in [6, 6.07) is 5.98. The van der Waals surface area contributed by atoms with E-state index in [9.17, 15) is 8.42 Å². The molecule has 1 aromatic carbocycles. The summed E-state index contributed by atoms with van der Waals surface area (Å²) in [6.45, 7) is 4.47. The van der Waals surface area contributed by atoms with E-state index in [1.165, 1.54) is 0 Å². The Hall–Kier alpha value is -1.03. The van der Waals surface area contributed by atoms with Crippen molar-refractivity contribution in [3.05, 3.63) is 29.3 Å².